The molecule has 4 rings (SSSR count). The molecule has 2 aromatic carbocycles. The van der Waals surface area contributed by atoms with Crippen LogP contribution in [0, 0.1) is 6.92 Å². The Labute approximate surface area is 171 Å². The number of aryl methyl sites for hydroxylation is 1. The monoisotopic (exact) mass is 405 g/mol. The molecule has 146 valence electrons. The highest BCUT2D eigenvalue weighted by Gasteiger charge is 2.20. The average Bonchev–Trinajstić information content (AvgIpc) is 3.35. The van der Waals surface area contributed by atoms with Crippen molar-refractivity contribution in [3.05, 3.63) is 81.7 Å². The largest absolute Gasteiger partial charge is 0.497 e. The number of thiophene rings is 1. The Kier molecular flexibility index (Phi) is 5.18. The molecule has 5 nitrogen and oxygen atoms in total. The molecule has 0 saturated heterocycles. The van der Waals surface area contributed by atoms with Gasteiger partial charge in [0, 0.05) is 33.1 Å². The fraction of sp³-hybridized carbons (Fsp3) is 0.130. The molecule has 0 radical (unpaired) electrons. The SMILES string of the molecule is COc1cccc(C(=O)c2oc3cc(NC(=O)Cc4cccs4)ccc3c2C)c1. The van der Waals surface area contributed by atoms with Gasteiger partial charge in [-0.15, -0.1) is 11.3 Å². The van der Waals surface area contributed by atoms with Gasteiger partial charge >= 0.3 is 0 Å². The number of hydrogen-bond donors (Lipinski definition) is 1. The van der Waals surface area contributed by atoms with Crippen molar-refractivity contribution in [3.63, 3.8) is 0 Å². The summed E-state index contributed by atoms with van der Waals surface area (Å²) >= 11 is 1.55. The van der Waals surface area contributed by atoms with E-state index >= 15 is 0 Å². The van der Waals surface area contributed by atoms with Crippen LogP contribution in [-0.2, 0) is 11.2 Å². The Bertz CT molecular complexity index is 1190. The van der Waals surface area contributed by atoms with Crippen molar-refractivity contribution in [2.75, 3.05) is 12.4 Å². The maximum Gasteiger partial charge on any atom is 0.229 e. The van der Waals surface area contributed by atoms with E-state index in [1.807, 2.05) is 36.6 Å². The molecular formula is C23H19NO4S. The Morgan fingerprint density at radius 3 is 2.72 bits per heavy atom. The zero-order valence-electron chi connectivity index (χ0n) is 16.0. The summed E-state index contributed by atoms with van der Waals surface area (Å²) in [6.07, 6.45) is 0.326. The molecule has 0 unspecified atom stereocenters. The number of carbonyl (C=O) groups is 2. The normalized spacial score (nSPS) is 10.8. The number of ether oxygens (including phenoxy) is 1. The minimum Gasteiger partial charge on any atom is -0.497 e. The quantitative estimate of drug-likeness (QED) is 0.446. The highest BCUT2D eigenvalue weighted by molar-refractivity contribution is 7.10. The van der Waals surface area contributed by atoms with Gasteiger partial charge in [0.25, 0.3) is 0 Å². The number of carbonyl (C=O) groups excluding carboxylic acids is 2. The van der Waals surface area contributed by atoms with E-state index in [4.69, 9.17) is 9.15 Å². The molecule has 1 N–H and O–H groups in total. The standard InChI is InChI=1S/C23H19NO4S/c1-14-19-9-8-16(24-21(25)13-18-7-4-10-29-18)12-20(19)28-23(14)22(26)15-5-3-6-17(11-15)27-2/h3-12H,13H2,1-2H3,(H,24,25). The van der Waals surface area contributed by atoms with Gasteiger partial charge in [0.1, 0.15) is 11.3 Å². The number of anilines is 1. The van der Waals surface area contributed by atoms with E-state index < -0.39 is 0 Å². The van der Waals surface area contributed by atoms with Crippen LogP contribution in [0.2, 0.25) is 0 Å². The Balaban J connectivity index is 1.59. The first-order valence-electron chi connectivity index (χ1n) is 9.09. The second-order valence-corrected chi connectivity index (χ2v) is 7.66. The number of benzene rings is 2. The highest BCUT2D eigenvalue weighted by Crippen LogP contribution is 2.30. The van der Waals surface area contributed by atoms with Gasteiger partial charge in [-0.1, -0.05) is 18.2 Å². The molecule has 2 heterocycles. The van der Waals surface area contributed by atoms with Gasteiger partial charge in [-0.2, -0.15) is 0 Å². The molecule has 0 spiro atoms. The predicted octanol–water partition coefficient (Wildman–Crippen LogP) is 5.22. The first-order chi connectivity index (χ1) is 14.0. The van der Waals surface area contributed by atoms with Crippen LogP contribution in [0.4, 0.5) is 5.69 Å². The predicted molar refractivity (Wildman–Crippen MR) is 114 cm³/mol. The third kappa shape index (κ3) is 3.93. The van der Waals surface area contributed by atoms with Crippen molar-refractivity contribution in [2.24, 2.45) is 0 Å². The smallest absolute Gasteiger partial charge is 0.229 e. The summed E-state index contributed by atoms with van der Waals surface area (Å²) < 4.78 is 11.1. The second-order valence-electron chi connectivity index (χ2n) is 6.63. The van der Waals surface area contributed by atoms with Crippen LogP contribution in [-0.4, -0.2) is 18.8 Å². The van der Waals surface area contributed by atoms with E-state index in [2.05, 4.69) is 5.32 Å². The summed E-state index contributed by atoms with van der Waals surface area (Å²) in [4.78, 5) is 26.2. The van der Waals surface area contributed by atoms with E-state index in [1.165, 1.54) is 0 Å². The molecule has 0 saturated carbocycles. The summed E-state index contributed by atoms with van der Waals surface area (Å²) in [7, 11) is 1.56. The van der Waals surface area contributed by atoms with Crippen LogP contribution in [0.3, 0.4) is 0 Å². The number of rotatable bonds is 6. The molecule has 0 fully saturated rings. The Hall–Kier alpha value is -3.38. The molecule has 0 aliphatic rings. The van der Waals surface area contributed by atoms with Crippen LogP contribution in [0.5, 0.6) is 5.75 Å². The van der Waals surface area contributed by atoms with Crippen LogP contribution in [0.25, 0.3) is 11.0 Å². The number of ketones is 1. The zero-order chi connectivity index (χ0) is 20.4. The van der Waals surface area contributed by atoms with Crippen LogP contribution in [0.15, 0.2) is 64.4 Å². The van der Waals surface area contributed by atoms with Crippen LogP contribution in [0.1, 0.15) is 26.6 Å². The van der Waals surface area contributed by atoms with Gasteiger partial charge in [-0.25, -0.2) is 0 Å². The first kappa shape index (κ1) is 19.0. The highest BCUT2D eigenvalue weighted by atomic mass is 32.1. The molecular weight excluding hydrogens is 386 g/mol. The van der Waals surface area contributed by atoms with Gasteiger partial charge in [0.15, 0.2) is 5.76 Å². The molecule has 1 amide bonds. The Morgan fingerprint density at radius 1 is 1.10 bits per heavy atom. The topological polar surface area (TPSA) is 68.5 Å². The summed E-state index contributed by atoms with van der Waals surface area (Å²) in [6.45, 7) is 1.86. The number of fused-ring (bicyclic) bond motifs is 1. The van der Waals surface area contributed by atoms with Gasteiger partial charge in [-0.05, 0) is 42.6 Å². The van der Waals surface area contributed by atoms with Gasteiger partial charge < -0.3 is 14.5 Å². The van der Waals surface area contributed by atoms with E-state index in [-0.39, 0.29) is 17.5 Å². The van der Waals surface area contributed by atoms with Gasteiger partial charge in [-0.3, -0.25) is 9.59 Å². The maximum atomic E-state index is 12.9. The van der Waals surface area contributed by atoms with Crippen molar-refractivity contribution < 1.29 is 18.7 Å². The maximum absolute atomic E-state index is 12.9. The number of hydrogen-bond acceptors (Lipinski definition) is 5. The lowest BCUT2D eigenvalue weighted by atomic mass is 10.0. The van der Waals surface area contributed by atoms with E-state index in [9.17, 15) is 9.59 Å². The van der Waals surface area contributed by atoms with E-state index in [0.717, 1.165) is 15.8 Å². The Morgan fingerprint density at radius 2 is 1.97 bits per heavy atom. The first-order valence-corrected chi connectivity index (χ1v) is 9.97. The van der Waals surface area contributed by atoms with Crippen molar-refractivity contribution in [2.45, 2.75) is 13.3 Å². The second kappa shape index (κ2) is 7.93. The molecule has 2 aromatic heterocycles. The summed E-state index contributed by atoms with van der Waals surface area (Å²) in [5, 5.41) is 5.67. The lowest BCUT2D eigenvalue weighted by Gasteiger charge is -2.04. The van der Waals surface area contributed by atoms with Crippen molar-refractivity contribution >= 4 is 39.7 Å². The summed E-state index contributed by atoms with van der Waals surface area (Å²) in [5.74, 6) is 0.597. The summed E-state index contributed by atoms with van der Waals surface area (Å²) in [5.41, 5.74) is 2.45. The van der Waals surface area contributed by atoms with Crippen molar-refractivity contribution in [3.8, 4) is 5.75 Å². The third-order valence-corrected chi connectivity index (χ3v) is 5.55. The minimum atomic E-state index is -0.208. The molecule has 0 bridgehead atoms. The number of nitrogens with one attached hydrogen (secondary N) is 1. The fourth-order valence-electron chi connectivity index (χ4n) is 3.19. The van der Waals surface area contributed by atoms with Crippen LogP contribution < -0.4 is 10.1 Å². The van der Waals surface area contributed by atoms with E-state index in [1.54, 1.807) is 48.8 Å². The van der Waals surface area contributed by atoms with Gasteiger partial charge in [0.2, 0.25) is 11.7 Å². The molecule has 0 atom stereocenters. The van der Waals surface area contributed by atoms with Crippen LogP contribution >= 0.6 is 11.3 Å². The molecule has 0 aliphatic carbocycles. The summed E-state index contributed by atoms with van der Waals surface area (Å²) in [6, 6.07) is 16.2. The molecule has 29 heavy (non-hydrogen) atoms. The van der Waals surface area contributed by atoms with Crippen molar-refractivity contribution in [1.82, 2.24) is 0 Å². The van der Waals surface area contributed by atoms with Crippen molar-refractivity contribution in [1.29, 1.82) is 0 Å². The lowest BCUT2D eigenvalue weighted by Crippen LogP contribution is -2.13. The number of amides is 1. The third-order valence-electron chi connectivity index (χ3n) is 4.68. The number of methoxy groups -OCH3 is 1. The lowest BCUT2D eigenvalue weighted by molar-refractivity contribution is -0.115. The number of furan rings is 1. The average molecular weight is 405 g/mol. The molecule has 0 aliphatic heterocycles. The van der Waals surface area contributed by atoms with E-state index in [0.29, 0.717) is 29.0 Å². The molecule has 4 aromatic rings. The zero-order valence-corrected chi connectivity index (χ0v) is 16.8. The van der Waals surface area contributed by atoms with Gasteiger partial charge in [0.05, 0.1) is 13.5 Å². The minimum absolute atomic E-state index is 0.0947. The molecule has 6 heteroatoms. The fourth-order valence-corrected chi connectivity index (χ4v) is 3.90.